The van der Waals surface area contributed by atoms with Gasteiger partial charge < -0.3 is 19.5 Å². The summed E-state index contributed by atoms with van der Waals surface area (Å²) in [5, 5.41) is 29.1. The molecule has 0 heterocycles. The van der Waals surface area contributed by atoms with Crippen LogP contribution in [0.2, 0.25) is 0 Å². The maximum absolute atomic E-state index is 15.0. The molecule has 4 rings (SSSR count). The largest absolute Gasteiger partial charge is 0.488 e. The van der Waals surface area contributed by atoms with Crippen molar-refractivity contribution >= 4 is 12.6 Å². The topological polar surface area (TPSA) is 82.7 Å². The third-order valence-electron chi connectivity index (χ3n) is 6.18. The lowest BCUT2D eigenvalue weighted by Crippen LogP contribution is -2.36. The first-order valence-electron chi connectivity index (χ1n) is 10.1. The van der Waals surface area contributed by atoms with E-state index in [4.69, 9.17) is 9.47 Å². The van der Waals surface area contributed by atoms with Crippen molar-refractivity contribution < 1.29 is 37.1 Å². The van der Waals surface area contributed by atoms with Gasteiger partial charge in [-0.2, -0.15) is 5.26 Å². The van der Waals surface area contributed by atoms with Gasteiger partial charge in [-0.05, 0) is 58.3 Å². The normalized spacial score (nSPS) is 23.4. The fourth-order valence-corrected chi connectivity index (χ4v) is 4.94. The molecule has 0 radical (unpaired) electrons. The lowest BCUT2D eigenvalue weighted by Gasteiger charge is -2.31. The molecule has 0 bridgehead atoms. The van der Waals surface area contributed by atoms with E-state index >= 15 is 0 Å². The Kier molecular flexibility index (Phi) is 6.03. The van der Waals surface area contributed by atoms with Gasteiger partial charge in [0, 0.05) is 19.4 Å². The van der Waals surface area contributed by atoms with E-state index < -0.39 is 50.3 Å². The first-order valence-corrected chi connectivity index (χ1v) is 10.1. The Bertz CT molecular complexity index is 1090. The summed E-state index contributed by atoms with van der Waals surface area (Å²) in [6.45, 7) is -0.432. The zero-order valence-corrected chi connectivity index (χ0v) is 17.1. The molecule has 0 spiro atoms. The lowest BCUT2D eigenvalue weighted by molar-refractivity contribution is -0.169. The minimum absolute atomic E-state index is 0.0329. The summed E-state index contributed by atoms with van der Waals surface area (Å²) in [5.74, 6) is -4.74. The van der Waals surface area contributed by atoms with Gasteiger partial charge in [0.05, 0.1) is 11.6 Å². The van der Waals surface area contributed by atoms with Crippen LogP contribution in [0.15, 0.2) is 24.3 Å². The van der Waals surface area contributed by atoms with E-state index in [1.165, 1.54) is 19.2 Å². The third-order valence-corrected chi connectivity index (χ3v) is 6.18. The second-order valence-electron chi connectivity index (χ2n) is 8.07. The van der Waals surface area contributed by atoms with Crippen LogP contribution in [0.25, 0.3) is 0 Å². The van der Waals surface area contributed by atoms with Gasteiger partial charge in [-0.15, -0.1) is 0 Å². The second-order valence-corrected chi connectivity index (χ2v) is 8.07. The predicted molar refractivity (Wildman–Crippen MR) is 107 cm³/mol. The molecule has 2 N–H and O–H groups in total. The molecule has 2 aromatic carbocycles. The SMILES string of the molecule is COCO[C@H]1c2c(B(O)O)ccc([C@H]3CC[C@H](F)c4cc(F)cc(C#N)c43)c2CC1(F)F. The van der Waals surface area contributed by atoms with E-state index in [0.29, 0.717) is 5.56 Å². The van der Waals surface area contributed by atoms with Crippen molar-refractivity contribution in [2.75, 3.05) is 13.9 Å². The van der Waals surface area contributed by atoms with Crippen LogP contribution in [-0.2, 0) is 15.9 Å². The highest BCUT2D eigenvalue weighted by atomic mass is 19.3. The van der Waals surface area contributed by atoms with Gasteiger partial charge in [0.2, 0.25) is 0 Å². The molecule has 0 saturated heterocycles. The van der Waals surface area contributed by atoms with Crippen LogP contribution < -0.4 is 5.46 Å². The number of halogens is 4. The molecule has 5 nitrogen and oxygen atoms in total. The highest BCUT2D eigenvalue weighted by Crippen LogP contribution is 2.51. The fourth-order valence-electron chi connectivity index (χ4n) is 4.94. The number of fused-ring (bicyclic) bond motifs is 2. The minimum atomic E-state index is -3.36. The summed E-state index contributed by atoms with van der Waals surface area (Å²) >= 11 is 0. The number of ether oxygens (including phenoxy) is 2. The molecule has 10 heteroatoms. The molecule has 0 amide bonds. The summed E-state index contributed by atoms with van der Waals surface area (Å²) < 4.78 is 68.5. The van der Waals surface area contributed by atoms with Crippen LogP contribution in [0.3, 0.4) is 0 Å². The number of rotatable bonds is 5. The maximum Gasteiger partial charge on any atom is 0.488 e. The van der Waals surface area contributed by atoms with Crippen LogP contribution in [0.5, 0.6) is 0 Å². The van der Waals surface area contributed by atoms with Crippen LogP contribution in [0, 0.1) is 17.1 Å². The first kappa shape index (κ1) is 22.7. The Morgan fingerprint density at radius 3 is 2.59 bits per heavy atom. The number of nitriles is 1. The third kappa shape index (κ3) is 3.69. The number of nitrogens with zero attached hydrogens (tertiary/aromatic N) is 1. The highest BCUT2D eigenvalue weighted by molar-refractivity contribution is 6.59. The highest BCUT2D eigenvalue weighted by Gasteiger charge is 2.52. The van der Waals surface area contributed by atoms with Crippen LogP contribution in [0.1, 0.15) is 64.4 Å². The van der Waals surface area contributed by atoms with E-state index in [2.05, 4.69) is 0 Å². The minimum Gasteiger partial charge on any atom is -0.423 e. The molecule has 0 fully saturated rings. The summed E-state index contributed by atoms with van der Waals surface area (Å²) in [6, 6.07) is 6.74. The number of hydrogen-bond acceptors (Lipinski definition) is 5. The number of benzene rings is 2. The van der Waals surface area contributed by atoms with Crippen molar-refractivity contribution in [2.45, 2.75) is 43.4 Å². The number of methoxy groups -OCH3 is 1. The Labute approximate surface area is 182 Å². The molecule has 32 heavy (non-hydrogen) atoms. The monoisotopic (exact) mass is 449 g/mol. The van der Waals surface area contributed by atoms with E-state index in [1.807, 2.05) is 6.07 Å². The second kappa shape index (κ2) is 8.48. The molecule has 0 unspecified atom stereocenters. The van der Waals surface area contributed by atoms with Crippen LogP contribution in [0.4, 0.5) is 17.6 Å². The molecule has 0 aliphatic heterocycles. The van der Waals surface area contributed by atoms with E-state index in [0.717, 1.165) is 12.1 Å². The van der Waals surface area contributed by atoms with Crippen molar-refractivity contribution in [3.63, 3.8) is 0 Å². The number of alkyl halides is 3. The van der Waals surface area contributed by atoms with Crippen molar-refractivity contribution in [1.82, 2.24) is 0 Å². The average molecular weight is 449 g/mol. The maximum atomic E-state index is 15.0. The predicted octanol–water partition coefficient (Wildman–Crippen LogP) is 3.17. The molecule has 3 atom stereocenters. The summed E-state index contributed by atoms with van der Waals surface area (Å²) in [5.41, 5.74) is 0.646. The first-order chi connectivity index (χ1) is 15.2. The van der Waals surface area contributed by atoms with E-state index in [-0.39, 0.29) is 46.1 Å². The van der Waals surface area contributed by atoms with Gasteiger partial charge in [0.1, 0.15) is 24.9 Å². The summed E-state index contributed by atoms with van der Waals surface area (Å²) in [6.07, 6.45) is -3.73. The zero-order valence-electron chi connectivity index (χ0n) is 17.1. The molecule has 2 aliphatic carbocycles. The molecular formula is C22H20BF4NO4. The summed E-state index contributed by atoms with van der Waals surface area (Å²) in [7, 11) is -0.737. The molecule has 168 valence electrons. The van der Waals surface area contributed by atoms with Gasteiger partial charge >= 0.3 is 7.12 Å². The molecule has 0 saturated carbocycles. The summed E-state index contributed by atoms with van der Waals surface area (Å²) in [4.78, 5) is 0. The molecule has 2 aromatic rings. The molecular weight excluding hydrogens is 429 g/mol. The lowest BCUT2D eigenvalue weighted by atomic mass is 9.70. The smallest absolute Gasteiger partial charge is 0.423 e. The average Bonchev–Trinajstić information content (AvgIpc) is 3.01. The van der Waals surface area contributed by atoms with Gasteiger partial charge in [0.25, 0.3) is 5.92 Å². The molecule has 0 aromatic heterocycles. The van der Waals surface area contributed by atoms with E-state index in [1.54, 1.807) is 0 Å². The van der Waals surface area contributed by atoms with Crippen molar-refractivity contribution in [3.05, 3.63) is 63.5 Å². The fraction of sp³-hybridized carbons (Fsp3) is 0.409. The molecule has 2 aliphatic rings. The Morgan fingerprint density at radius 2 is 1.94 bits per heavy atom. The van der Waals surface area contributed by atoms with Gasteiger partial charge in [-0.3, -0.25) is 0 Å². The van der Waals surface area contributed by atoms with Gasteiger partial charge in [-0.1, -0.05) is 12.1 Å². The quantitative estimate of drug-likeness (QED) is 0.417. The standard InChI is InChI=1S/C22H20BF4NO4/c1-31-10-32-21-20-16(8-22(21,26)27)13(2-4-17(20)23(29)30)14-3-5-18(25)15-7-12(24)6-11(9-28)19(14)15/h2,4,6-7,14,18,21,29-30H,3,5,8,10H2,1H3/t14-,18+,21+/m1/s1. The Hall–Kier alpha value is -2.45. The van der Waals surface area contributed by atoms with Gasteiger partial charge in [-0.25, -0.2) is 17.6 Å². The van der Waals surface area contributed by atoms with Crippen LogP contribution >= 0.6 is 0 Å². The zero-order chi connectivity index (χ0) is 23.2. The number of hydrogen-bond donors (Lipinski definition) is 2. The van der Waals surface area contributed by atoms with E-state index in [9.17, 15) is 32.9 Å². The van der Waals surface area contributed by atoms with Crippen LogP contribution in [-0.4, -0.2) is 37.0 Å². The van der Waals surface area contributed by atoms with Gasteiger partial charge in [0.15, 0.2) is 0 Å². The van der Waals surface area contributed by atoms with Crippen molar-refractivity contribution in [1.29, 1.82) is 5.26 Å². The van der Waals surface area contributed by atoms with Crippen molar-refractivity contribution in [3.8, 4) is 6.07 Å². The van der Waals surface area contributed by atoms with Crippen molar-refractivity contribution in [2.24, 2.45) is 0 Å². The Morgan fingerprint density at radius 1 is 1.19 bits per heavy atom. The Balaban J connectivity index is 1.93.